The highest BCUT2D eigenvalue weighted by Crippen LogP contribution is 2.10. The molecule has 13 heavy (non-hydrogen) atoms. The summed E-state index contributed by atoms with van der Waals surface area (Å²) in [4.78, 5) is 8.26. The van der Waals surface area contributed by atoms with E-state index >= 15 is 0 Å². The van der Waals surface area contributed by atoms with Crippen molar-refractivity contribution in [1.82, 2.24) is 14.5 Å². The SMILES string of the molecule is Cc1c[nH]c(=S)n1Cc1cncs1. The number of nitrogens with zero attached hydrogens (tertiary/aromatic N) is 2. The van der Waals surface area contributed by atoms with E-state index < -0.39 is 0 Å². The minimum Gasteiger partial charge on any atom is -0.337 e. The summed E-state index contributed by atoms with van der Waals surface area (Å²) in [5.41, 5.74) is 2.99. The van der Waals surface area contributed by atoms with Gasteiger partial charge < -0.3 is 9.55 Å². The predicted molar refractivity (Wildman–Crippen MR) is 55.6 cm³/mol. The highest BCUT2D eigenvalue weighted by atomic mass is 32.1. The Balaban J connectivity index is 2.33. The van der Waals surface area contributed by atoms with Crippen LogP contribution in [0.25, 0.3) is 0 Å². The van der Waals surface area contributed by atoms with E-state index in [2.05, 4.69) is 14.5 Å². The molecule has 0 saturated carbocycles. The van der Waals surface area contributed by atoms with Crippen LogP contribution in [0.3, 0.4) is 0 Å². The number of thiazole rings is 1. The monoisotopic (exact) mass is 211 g/mol. The molecule has 0 aliphatic heterocycles. The Kier molecular flexibility index (Phi) is 2.28. The van der Waals surface area contributed by atoms with Crippen LogP contribution in [0.5, 0.6) is 0 Å². The fourth-order valence-corrected chi connectivity index (χ4v) is 2.00. The number of aromatic amines is 1. The molecule has 0 radical (unpaired) electrons. The minimum atomic E-state index is 0.769. The number of imidazole rings is 1. The molecule has 0 unspecified atom stereocenters. The third kappa shape index (κ3) is 1.71. The summed E-state index contributed by atoms with van der Waals surface area (Å²) >= 11 is 6.78. The van der Waals surface area contributed by atoms with Gasteiger partial charge in [0, 0.05) is 23.0 Å². The van der Waals surface area contributed by atoms with E-state index in [9.17, 15) is 0 Å². The lowest BCUT2D eigenvalue weighted by molar-refractivity contribution is 0.767. The van der Waals surface area contributed by atoms with Gasteiger partial charge >= 0.3 is 0 Å². The lowest BCUT2D eigenvalue weighted by Gasteiger charge is -2.01. The van der Waals surface area contributed by atoms with Crippen molar-refractivity contribution in [1.29, 1.82) is 0 Å². The van der Waals surface area contributed by atoms with Crippen LogP contribution in [0, 0.1) is 11.7 Å². The number of nitrogens with one attached hydrogen (secondary N) is 1. The molecule has 1 N–H and O–H groups in total. The van der Waals surface area contributed by atoms with Crippen LogP contribution >= 0.6 is 23.6 Å². The quantitative estimate of drug-likeness (QED) is 0.774. The third-order valence-corrected chi connectivity index (χ3v) is 2.98. The first-order valence-electron chi connectivity index (χ1n) is 3.89. The summed E-state index contributed by atoms with van der Waals surface area (Å²) in [5, 5.41) is 0. The molecule has 2 aromatic heterocycles. The molecule has 5 heteroatoms. The van der Waals surface area contributed by atoms with Crippen molar-refractivity contribution < 1.29 is 0 Å². The highest BCUT2D eigenvalue weighted by molar-refractivity contribution is 7.71. The molecule has 2 rings (SSSR count). The smallest absolute Gasteiger partial charge is 0.177 e. The Morgan fingerprint density at radius 1 is 1.69 bits per heavy atom. The van der Waals surface area contributed by atoms with E-state index in [0.717, 1.165) is 17.0 Å². The minimum absolute atomic E-state index is 0.769. The summed E-state index contributed by atoms with van der Waals surface area (Å²) < 4.78 is 2.83. The molecule has 68 valence electrons. The normalized spacial score (nSPS) is 10.5. The van der Waals surface area contributed by atoms with Gasteiger partial charge in [0.2, 0.25) is 0 Å². The van der Waals surface area contributed by atoms with E-state index in [1.54, 1.807) is 11.3 Å². The second-order valence-electron chi connectivity index (χ2n) is 2.79. The van der Waals surface area contributed by atoms with Crippen molar-refractivity contribution >= 4 is 23.6 Å². The van der Waals surface area contributed by atoms with Gasteiger partial charge in [-0.05, 0) is 19.1 Å². The van der Waals surface area contributed by atoms with Crippen LogP contribution in [-0.4, -0.2) is 14.5 Å². The van der Waals surface area contributed by atoms with Crippen LogP contribution in [-0.2, 0) is 6.54 Å². The maximum absolute atomic E-state index is 5.14. The molecule has 0 bridgehead atoms. The van der Waals surface area contributed by atoms with Crippen molar-refractivity contribution in [3.8, 4) is 0 Å². The lowest BCUT2D eigenvalue weighted by atomic mass is 10.5. The van der Waals surface area contributed by atoms with Crippen molar-refractivity contribution in [2.75, 3.05) is 0 Å². The Morgan fingerprint density at radius 3 is 3.08 bits per heavy atom. The second-order valence-corrected chi connectivity index (χ2v) is 4.15. The number of rotatable bonds is 2. The molecule has 3 nitrogen and oxygen atoms in total. The van der Waals surface area contributed by atoms with Gasteiger partial charge in [0.25, 0.3) is 0 Å². The molecule has 2 aromatic rings. The summed E-state index contributed by atoms with van der Waals surface area (Å²) in [7, 11) is 0. The number of hydrogen-bond acceptors (Lipinski definition) is 3. The molecule has 2 heterocycles. The fourth-order valence-electron chi connectivity index (χ4n) is 1.15. The number of H-pyrrole nitrogens is 1. The van der Waals surface area contributed by atoms with Gasteiger partial charge in [0.15, 0.2) is 4.77 Å². The number of aryl methyl sites for hydroxylation is 1. The first-order chi connectivity index (χ1) is 6.27. The van der Waals surface area contributed by atoms with Gasteiger partial charge in [-0.15, -0.1) is 11.3 Å². The molecule has 0 saturated heterocycles. The molecular formula is C8H9N3S2. The van der Waals surface area contributed by atoms with Gasteiger partial charge in [-0.3, -0.25) is 4.98 Å². The van der Waals surface area contributed by atoms with Gasteiger partial charge in [-0.2, -0.15) is 0 Å². The van der Waals surface area contributed by atoms with Crippen molar-refractivity contribution in [3.05, 3.63) is 33.2 Å². The van der Waals surface area contributed by atoms with Crippen LogP contribution in [0.4, 0.5) is 0 Å². The Morgan fingerprint density at radius 2 is 2.54 bits per heavy atom. The topological polar surface area (TPSA) is 33.6 Å². The van der Waals surface area contributed by atoms with E-state index in [1.807, 2.05) is 24.8 Å². The molecule has 0 fully saturated rings. The maximum atomic E-state index is 5.14. The van der Waals surface area contributed by atoms with Gasteiger partial charge in [-0.25, -0.2) is 0 Å². The van der Waals surface area contributed by atoms with Crippen LogP contribution < -0.4 is 0 Å². The summed E-state index contributed by atoms with van der Waals surface area (Å²) in [6.45, 7) is 2.85. The predicted octanol–water partition coefficient (Wildman–Crippen LogP) is 2.36. The highest BCUT2D eigenvalue weighted by Gasteiger charge is 2.01. The van der Waals surface area contributed by atoms with E-state index in [-0.39, 0.29) is 0 Å². The maximum Gasteiger partial charge on any atom is 0.177 e. The molecule has 0 aliphatic rings. The average molecular weight is 211 g/mol. The lowest BCUT2D eigenvalue weighted by Crippen LogP contribution is -1.99. The second kappa shape index (κ2) is 3.43. The van der Waals surface area contributed by atoms with Crippen LogP contribution in [0.15, 0.2) is 17.9 Å². The van der Waals surface area contributed by atoms with Crippen LogP contribution in [0.2, 0.25) is 0 Å². The zero-order valence-electron chi connectivity index (χ0n) is 7.15. The van der Waals surface area contributed by atoms with Gasteiger partial charge in [0.05, 0.1) is 12.1 Å². The van der Waals surface area contributed by atoms with Crippen molar-refractivity contribution in [2.24, 2.45) is 0 Å². The zero-order chi connectivity index (χ0) is 9.26. The average Bonchev–Trinajstić information content (AvgIpc) is 2.70. The molecule has 0 atom stereocenters. The molecular weight excluding hydrogens is 202 g/mol. The molecule has 0 spiro atoms. The van der Waals surface area contributed by atoms with E-state index in [4.69, 9.17) is 12.2 Å². The largest absolute Gasteiger partial charge is 0.337 e. The van der Waals surface area contributed by atoms with Gasteiger partial charge in [-0.1, -0.05) is 0 Å². The molecule has 0 amide bonds. The van der Waals surface area contributed by atoms with E-state index in [0.29, 0.717) is 0 Å². The summed E-state index contributed by atoms with van der Waals surface area (Å²) in [6.07, 6.45) is 3.79. The standard InChI is InChI=1S/C8H9N3S2/c1-6-2-10-8(12)11(6)4-7-3-9-5-13-7/h2-3,5H,4H2,1H3,(H,10,12). The van der Waals surface area contributed by atoms with Crippen molar-refractivity contribution in [3.63, 3.8) is 0 Å². The van der Waals surface area contributed by atoms with Crippen LogP contribution in [0.1, 0.15) is 10.6 Å². The third-order valence-electron chi connectivity index (χ3n) is 1.87. The molecule has 0 aliphatic carbocycles. The number of hydrogen-bond donors (Lipinski definition) is 1. The first kappa shape index (κ1) is 8.65. The fraction of sp³-hybridized carbons (Fsp3) is 0.250. The summed E-state index contributed by atoms with van der Waals surface area (Å²) in [6, 6.07) is 0. The first-order valence-corrected chi connectivity index (χ1v) is 5.18. The zero-order valence-corrected chi connectivity index (χ0v) is 8.78. The van der Waals surface area contributed by atoms with E-state index in [1.165, 1.54) is 4.88 Å². The van der Waals surface area contributed by atoms with Crippen molar-refractivity contribution in [2.45, 2.75) is 13.5 Å². The van der Waals surface area contributed by atoms with Gasteiger partial charge in [0.1, 0.15) is 0 Å². The Labute approximate surface area is 85.1 Å². The Bertz CT molecular complexity index is 438. The summed E-state index contributed by atoms with van der Waals surface area (Å²) in [5.74, 6) is 0. The molecule has 0 aromatic carbocycles. The number of aromatic nitrogens is 3. The Hall–Kier alpha value is -0.940.